The maximum atomic E-state index is 10.9. The number of hydrogen-bond donors (Lipinski definition) is 1. The summed E-state index contributed by atoms with van der Waals surface area (Å²) >= 11 is 0. The molecule has 86 valence electrons. The third kappa shape index (κ3) is 1.86. The van der Waals surface area contributed by atoms with Gasteiger partial charge in [0.05, 0.1) is 4.92 Å². The first-order valence-corrected chi connectivity index (χ1v) is 5.44. The number of benzene rings is 1. The number of rotatable bonds is 3. The Kier molecular flexibility index (Phi) is 3.05. The summed E-state index contributed by atoms with van der Waals surface area (Å²) in [6.07, 6.45) is 2.07. The fraction of sp³-hybridized carbons (Fsp3) is 0.455. The second-order valence-corrected chi connectivity index (χ2v) is 3.97. The lowest BCUT2D eigenvalue weighted by Gasteiger charge is -2.25. The van der Waals surface area contributed by atoms with Crippen LogP contribution in [0.1, 0.15) is 12.8 Å². The van der Waals surface area contributed by atoms with E-state index >= 15 is 0 Å². The SMILES string of the molecule is NCC1CCCN1c1ccccc1[N+](=O)[O-]. The van der Waals surface area contributed by atoms with Crippen LogP contribution in [0.4, 0.5) is 11.4 Å². The quantitative estimate of drug-likeness (QED) is 0.620. The Morgan fingerprint density at radius 2 is 2.25 bits per heavy atom. The molecule has 5 nitrogen and oxygen atoms in total. The molecule has 0 aromatic heterocycles. The predicted molar refractivity (Wildman–Crippen MR) is 62.5 cm³/mol. The van der Waals surface area contributed by atoms with Crippen molar-refractivity contribution < 1.29 is 4.92 Å². The normalized spacial score (nSPS) is 20.1. The molecule has 0 aliphatic carbocycles. The summed E-state index contributed by atoms with van der Waals surface area (Å²) in [7, 11) is 0. The summed E-state index contributed by atoms with van der Waals surface area (Å²) in [6, 6.07) is 7.09. The number of para-hydroxylation sites is 2. The molecule has 0 radical (unpaired) electrons. The molecule has 1 aliphatic rings. The molecule has 1 saturated heterocycles. The number of anilines is 1. The van der Waals surface area contributed by atoms with Crippen molar-refractivity contribution in [3.63, 3.8) is 0 Å². The van der Waals surface area contributed by atoms with Gasteiger partial charge in [0.2, 0.25) is 0 Å². The van der Waals surface area contributed by atoms with E-state index in [1.165, 1.54) is 0 Å². The highest BCUT2D eigenvalue weighted by molar-refractivity contribution is 5.64. The Morgan fingerprint density at radius 1 is 1.50 bits per heavy atom. The summed E-state index contributed by atoms with van der Waals surface area (Å²) < 4.78 is 0. The fourth-order valence-electron chi connectivity index (χ4n) is 2.26. The van der Waals surface area contributed by atoms with Crippen molar-refractivity contribution in [3.8, 4) is 0 Å². The number of nitrogens with zero attached hydrogens (tertiary/aromatic N) is 2. The maximum absolute atomic E-state index is 10.9. The van der Waals surface area contributed by atoms with Crippen LogP contribution in [-0.4, -0.2) is 24.1 Å². The van der Waals surface area contributed by atoms with E-state index in [2.05, 4.69) is 4.90 Å². The van der Waals surface area contributed by atoms with Gasteiger partial charge in [-0.25, -0.2) is 0 Å². The number of nitro benzene ring substituents is 1. The summed E-state index contributed by atoms with van der Waals surface area (Å²) in [5.74, 6) is 0. The zero-order valence-electron chi connectivity index (χ0n) is 9.00. The van der Waals surface area contributed by atoms with Crippen LogP contribution in [0.15, 0.2) is 24.3 Å². The smallest absolute Gasteiger partial charge is 0.292 e. The monoisotopic (exact) mass is 221 g/mol. The van der Waals surface area contributed by atoms with Crippen molar-refractivity contribution in [1.29, 1.82) is 0 Å². The van der Waals surface area contributed by atoms with Crippen molar-refractivity contribution in [1.82, 2.24) is 0 Å². The topological polar surface area (TPSA) is 72.4 Å². The van der Waals surface area contributed by atoms with Crippen molar-refractivity contribution in [2.24, 2.45) is 5.73 Å². The molecule has 2 N–H and O–H groups in total. The summed E-state index contributed by atoms with van der Waals surface area (Å²) in [4.78, 5) is 12.6. The van der Waals surface area contributed by atoms with Gasteiger partial charge in [-0.05, 0) is 18.9 Å². The minimum Gasteiger partial charge on any atom is -0.362 e. The Balaban J connectivity index is 2.35. The molecule has 1 unspecified atom stereocenters. The molecule has 0 bridgehead atoms. The van der Waals surface area contributed by atoms with Crippen LogP contribution in [0.3, 0.4) is 0 Å². The molecule has 1 fully saturated rings. The number of nitrogens with two attached hydrogens (primary N) is 1. The van der Waals surface area contributed by atoms with Crippen molar-refractivity contribution >= 4 is 11.4 Å². The highest BCUT2D eigenvalue weighted by Gasteiger charge is 2.28. The summed E-state index contributed by atoms with van der Waals surface area (Å²) in [5, 5.41) is 10.9. The molecule has 0 spiro atoms. The van der Waals surface area contributed by atoms with E-state index in [0.717, 1.165) is 19.4 Å². The molecule has 5 heteroatoms. The average molecular weight is 221 g/mol. The summed E-state index contributed by atoms with van der Waals surface area (Å²) in [6.45, 7) is 1.40. The van der Waals surface area contributed by atoms with E-state index in [1.807, 2.05) is 6.07 Å². The third-order valence-corrected chi connectivity index (χ3v) is 3.04. The minimum absolute atomic E-state index is 0.169. The van der Waals surface area contributed by atoms with Gasteiger partial charge in [0, 0.05) is 25.2 Å². The van der Waals surface area contributed by atoms with Crippen molar-refractivity contribution in [3.05, 3.63) is 34.4 Å². The first kappa shape index (κ1) is 10.9. The van der Waals surface area contributed by atoms with Crippen LogP contribution in [0, 0.1) is 10.1 Å². The van der Waals surface area contributed by atoms with Crippen LogP contribution in [0.5, 0.6) is 0 Å². The lowest BCUT2D eigenvalue weighted by Crippen LogP contribution is -2.35. The molecule has 0 saturated carbocycles. The molecule has 1 heterocycles. The summed E-state index contributed by atoms with van der Waals surface area (Å²) in [5.41, 5.74) is 6.54. The first-order chi connectivity index (χ1) is 7.74. The Hall–Kier alpha value is -1.62. The number of nitro groups is 1. The Labute approximate surface area is 94.0 Å². The average Bonchev–Trinajstić information content (AvgIpc) is 2.76. The lowest BCUT2D eigenvalue weighted by molar-refractivity contribution is -0.384. The van der Waals surface area contributed by atoms with E-state index in [-0.39, 0.29) is 16.7 Å². The van der Waals surface area contributed by atoms with Gasteiger partial charge >= 0.3 is 0 Å². The van der Waals surface area contributed by atoms with E-state index in [9.17, 15) is 10.1 Å². The van der Waals surface area contributed by atoms with Gasteiger partial charge in [0.1, 0.15) is 5.69 Å². The van der Waals surface area contributed by atoms with Gasteiger partial charge in [-0.1, -0.05) is 12.1 Å². The van der Waals surface area contributed by atoms with E-state index in [1.54, 1.807) is 18.2 Å². The van der Waals surface area contributed by atoms with Crippen LogP contribution in [0.25, 0.3) is 0 Å². The standard InChI is InChI=1S/C11H15N3O2/c12-8-9-4-3-7-13(9)10-5-1-2-6-11(10)14(15)16/h1-2,5-6,9H,3-4,7-8,12H2. The number of hydrogen-bond acceptors (Lipinski definition) is 4. The molecule has 1 aromatic carbocycles. The molecule has 1 aliphatic heterocycles. The van der Waals surface area contributed by atoms with Crippen LogP contribution < -0.4 is 10.6 Å². The largest absolute Gasteiger partial charge is 0.362 e. The lowest BCUT2D eigenvalue weighted by atomic mass is 10.2. The van der Waals surface area contributed by atoms with Crippen LogP contribution in [0.2, 0.25) is 0 Å². The fourth-order valence-corrected chi connectivity index (χ4v) is 2.26. The van der Waals surface area contributed by atoms with Gasteiger partial charge < -0.3 is 10.6 Å². The van der Waals surface area contributed by atoms with Crippen molar-refractivity contribution in [2.45, 2.75) is 18.9 Å². The Bertz CT molecular complexity index is 395. The molecule has 1 aromatic rings. The zero-order chi connectivity index (χ0) is 11.5. The van der Waals surface area contributed by atoms with Gasteiger partial charge in [-0.15, -0.1) is 0 Å². The van der Waals surface area contributed by atoms with Crippen molar-refractivity contribution in [2.75, 3.05) is 18.0 Å². The van der Waals surface area contributed by atoms with E-state index < -0.39 is 0 Å². The molecule has 0 amide bonds. The van der Waals surface area contributed by atoms with Gasteiger partial charge in [0.15, 0.2) is 0 Å². The highest BCUT2D eigenvalue weighted by Crippen LogP contribution is 2.32. The third-order valence-electron chi connectivity index (χ3n) is 3.04. The highest BCUT2D eigenvalue weighted by atomic mass is 16.6. The van der Waals surface area contributed by atoms with Gasteiger partial charge in [-0.2, -0.15) is 0 Å². The van der Waals surface area contributed by atoms with Crippen LogP contribution >= 0.6 is 0 Å². The molecular weight excluding hydrogens is 206 g/mol. The Morgan fingerprint density at radius 3 is 2.94 bits per heavy atom. The molecule has 16 heavy (non-hydrogen) atoms. The first-order valence-electron chi connectivity index (χ1n) is 5.44. The maximum Gasteiger partial charge on any atom is 0.292 e. The minimum atomic E-state index is -0.332. The second-order valence-electron chi connectivity index (χ2n) is 3.97. The van der Waals surface area contributed by atoms with Gasteiger partial charge in [0.25, 0.3) is 5.69 Å². The second kappa shape index (κ2) is 4.49. The van der Waals surface area contributed by atoms with E-state index in [4.69, 9.17) is 5.73 Å². The molecule has 2 rings (SSSR count). The molecule has 1 atom stereocenters. The van der Waals surface area contributed by atoms with Gasteiger partial charge in [-0.3, -0.25) is 10.1 Å². The molecular formula is C11H15N3O2. The van der Waals surface area contributed by atoms with E-state index in [0.29, 0.717) is 12.2 Å². The zero-order valence-corrected chi connectivity index (χ0v) is 9.00. The van der Waals surface area contributed by atoms with Crippen LogP contribution in [-0.2, 0) is 0 Å². The predicted octanol–water partition coefficient (Wildman–Crippen LogP) is 1.52.